The smallest absolute Gasteiger partial charge is 0.270 e. The summed E-state index contributed by atoms with van der Waals surface area (Å²) < 4.78 is 15.0. The third-order valence-corrected chi connectivity index (χ3v) is 4.88. The summed E-state index contributed by atoms with van der Waals surface area (Å²) in [5.74, 6) is -0.559. The van der Waals surface area contributed by atoms with Crippen molar-refractivity contribution in [3.63, 3.8) is 0 Å². The number of benzene rings is 2. The van der Waals surface area contributed by atoms with Gasteiger partial charge in [-0.25, -0.2) is 9.07 Å². The van der Waals surface area contributed by atoms with E-state index in [4.69, 9.17) is 0 Å². The number of hydrogen-bond acceptors (Lipinski definition) is 3. The van der Waals surface area contributed by atoms with Crippen LogP contribution in [-0.4, -0.2) is 20.7 Å². The Morgan fingerprint density at radius 2 is 1.73 bits per heavy atom. The highest BCUT2D eigenvalue weighted by molar-refractivity contribution is 5.94. The lowest BCUT2D eigenvalue weighted by atomic mass is 10.1. The molecule has 0 saturated heterocycles. The zero-order valence-electron chi connectivity index (χ0n) is 16.8. The third kappa shape index (κ3) is 4.12. The molecule has 0 unspecified atom stereocenters. The zero-order valence-corrected chi connectivity index (χ0v) is 16.8. The summed E-state index contributed by atoms with van der Waals surface area (Å²) in [5.41, 5.74) is 5.60. The SMILES string of the molecule is Cc1ccc(C)c(-n2nc(-c3ccc(F)cc3)cc2C(=O)NCc2ccncc2)c1. The summed E-state index contributed by atoms with van der Waals surface area (Å²) in [6, 6.07) is 17.5. The van der Waals surface area contributed by atoms with E-state index in [1.807, 2.05) is 44.2 Å². The van der Waals surface area contributed by atoms with Gasteiger partial charge in [0.1, 0.15) is 11.5 Å². The normalized spacial score (nSPS) is 10.8. The van der Waals surface area contributed by atoms with Crippen molar-refractivity contribution in [3.05, 3.63) is 101 Å². The van der Waals surface area contributed by atoms with E-state index in [1.165, 1.54) is 12.1 Å². The van der Waals surface area contributed by atoms with E-state index >= 15 is 0 Å². The van der Waals surface area contributed by atoms with Crippen LogP contribution in [0.15, 0.2) is 73.1 Å². The highest BCUT2D eigenvalue weighted by atomic mass is 19.1. The molecular weight excluding hydrogens is 379 g/mol. The Morgan fingerprint density at radius 3 is 2.47 bits per heavy atom. The molecule has 2 aromatic carbocycles. The number of pyridine rings is 1. The Morgan fingerprint density at radius 1 is 1.00 bits per heavy atom. The molecule has 150 valence electrons. The molecule has 2 heterocycles. The first-order chi connectivity index (χ1) is 14.5. The summed E-state index contributed by atoms with van der Waals surface area (Å²) in [5, 5.41) is 7.63. The average molecular weight is 400 g/mol. The summed E-state index contributed by atoms with van der Waals surface area (Å²) >= 11 is 0. The van der Waals surface area contributed by atoms with Gasteiger partial charge in [0.2, 0.25) is 0 Å². The molecular formula is C24H21FN4O. The molecule has 30 heavy (non-hydrogen) atoms. The Bertz CT molecular complexity index is 1180. The maximum absolute atomic E-state index is 13.3. The largest absolute Gasteiger partial charge is 0.347 e. The van der Waals surface area contributed by atoms with Gasteiger partial charge in [0, 0.05) is 24.5 Å². The quantitative estimate of drug-likeness (QED) is 0.532. The molecule has 0 radical (unpaired) electrons. The van der Waals surface area contributed by atoms with Crippen LogP contribution in [0.1, 0.15) is 27.2 Å². The molecule has 5 nitrogen and oxygen atoms in total. The molecule has 4 aromatic rings. The fourth-order valence-electron chi connectivity index (χ4n) is 3.21. The number of nitrogens with zero attached hydrogens (tertiary/aromatic N) is 3. The topological polar surface area (TPSA) is 59.8 Å². The fourth-order valence-corrected chi connectivity index (χ4v) is 3.21. The van der Waals surface area contributed by atoms with Gasteiger partial charge in [-0.3, -0.25) is 9.78 Å². The Kier molecular flexibility index (Phi) is 5.39. The van der Waals surface area contributed by atoms with Crippen molar-refractivity contribution >= 4 is 5.91 Å². The van der Waals surface area contributed by atoms with E-state index in [1.54, 1.807) is 35.3 Å². The summed E-state index contributed by atoms with van der Waals surface area (Å²) in [4.78, 5) is 17.1. The Balaban J connectivity index is 1.74. The second-order valence-electron chi connectivity index (χ2n) is 7.16. The Labute approximate surface area is 174 Å². The minimum atomic E-state index is -0.317. The number of hydrogen-bond donors (Lipinski definition) is 1. The van der Waals surface area contributed by atoms with Gasteiger partial charge < -0.3 is 5.32 Å². The maximum atomic E-state index is 13.3. The minimum Gasteiger partial charge on any atom is -0.347 e. The van der Waals surface area contributed by atoms with Crippen molar-refractivity contribution in [2.45, 2.75) is 20.4 Å². The Hall–Kier alpha value is -3.80. The van der Waals surface area contributed by atoms with Crippen molar-refractivity contribution in [2.75, 3.05) is 0 Å². The molecule has 0 atom stereocenters. The number of rotatable bonds is 5. The van der Waals surface area contributed by atoms with Crippen LogP contribution >= 0.6 is 0 Å². The van der Waals surface area contributed by atoms with Crippen LogP contribution in [0.2, 0.25) is 0 Å². The third-order valence-electron chi connectivity index (χ3n) is 4.88. The van der Waals surface area contributed by atoms with Crippen molar-refractivity contribution in [1.29, 1.82) is 0 Å². The second-order valence-corrected chi connectivity index (χ2v) is 7.16. The molecule has 0 spiro atoms. The number of nitrogens with one attached hydrogen (secondary N) is 1. The van der Waals surface area contributed by atoms with E-state index in [-0.39, 0.29) is 11.7 Å². The van der Waals surface area contributed by atoms with Gasteiger partial charge in [0.15, 0.2) is 0 Å². The van der Waals surface area contributed by atoms with Crippen LogP contribution in [0, 0.1) is 19.7 Å². The van der Waals surface area contributed by atoms with Crippen LogP contribution in [-0.2, 0) is 6.54 Å². The first-order valence-electron chi connectivity index (χ1n) is 9.62. The first-order valence-corrected chi connectivity index (χ1v) is 9.62. The molecule has 1 N–H and O–H groups in total. The van der Waals surface area contributed by atoms with Gasteiger partial charge in [-0.15, -0.1) is 0 Å². The van der Waals surface area contributed by atoms with Gasteiger partial charge in [-0.05, 0) is 79.1 Å². The first kappa shape index (κ1) is 19.5. The molecule has 4 rings (SSSR count). The minimum absolute atomic E-state index is 0.242. The standard InChI is InChI=1S/C24H21FN4O/c1-16-3-4-17(2)22(13-16)29-23(24(30)27-15-18-9-11-26-12-10-18)14-21(28-29)19-5-7-20(25)8-6-19/h3-14H,15H2,1-2H3,(H,27,30). The van der Waals surface area contributed by atoms with Gasteiger partial charge in [0.05, 0.1) is 11.4 Å². The highest BCUT2D eigenvalue weighted by Gasteiger charge is 2.19. The number of carbonyl (C=O) groups is 1. The van der Waals surface area contributed by atoms with Gasteiger partial charge in [-0.2, -0.15) is 5.10 Å². The van der Waals surface area contributed by atoms with Crippen molar-refractivity contribution in [2.24, 2.45) is 0 Å². The van der Waals surface area contributed by atoms with E-state index in [0.717, 1.165) is 27.9 Å². The molecule has 6 heteroatoms. The molecule has 2 aromatic heterocycles. The lowest BCUT2D eigenvalue weighted by Gasteiger charge is -2.11. The lowest BCUT2D eigenvalue weighted by molar-refractivity contribution is 0.0943. The monoisotopic (exact) mass is 400 g/mol. The summed E-state index contributed by atoms with van der Waals surface area (Å²) in [6.45, 7) is 4.36. The number of amides is 1. The van der Waals surface area contributed by atoms with Gasteiger partial charge >= 0.3 is 0 Å². The number of carbonyl (C=O) groups excluding carboxylic acids is 1. The van der Waals surface area contributed by atoms with Crippen molar-refractivity contribution < 1.29 is 9.18 Å². The molecule has 0 aliphatic heterocycles. The van der Waals surface area contributed by atoms with E-state index in [0.29, 0.717) is 17.9 Å². The predicted octanol–water partition coefficient (Wildman–Crippen LogP) is 4.62. The number of aromatic nitrogens is 3. The van der Waals surface area contributed by atoms with Crippen LogP contribution in [0.4, 0.5) is 4.39 Å². The van der Waals surface area contributed by atoms with Crippen LogP contribution in [0.25, 0.3) is 16.9 Å². The fraction of sp³-hybridized carbons (Fsp3) is 0.125. The summed E-state index contributed by atoms with van der Waals surface area (Å²) in [7, 11) is 0. The molecule has 0 fully saturated rings. The van der Waals surface area contributed by atoms with Gasteiger partial charge in [-0.1, -0.05) is 12.1 Å². The lowest BCUT2D eigenvalue weighted by Crippen LogP contribution is -2.25. The van der Waals surface area contributed by atoms with Crippen LogP contribution < -0.4 is 5.32 Å². The van der Waals surface area contributed by atoms with Crippen molar-refractivity contribution in [3.8, 4) is 16.9 Å². The van der Waals surface area contributed by atoms with Crippen LogP contribution in [0.3, 0.4) is 0 Å². The van der Waals surface area contributed by atoms with E-state index < -0.39 is 0 Å². The number of halogens is 1. The van der Waals surface area contributed by atoms with Crippen molar-refractivity contribution in [1.82, 2.24) is 20.1 Å². The van der Waals surface area contributed by atoms with Gasteiger partial charge in [0.25, 0.3) is 5.91 Å². The average Bonchev–Trinajstić information content (AvgIpc) is 3.20. The van der Waals surface area contributed by atoms with Crippen LogP contribution in [0.5, 0.6) is 0 Å². The molecule has 0 aliphatic carbocycles. The highest BCUT2D eigenvalue weighted by Crippen LogP contribution is 2.24. The number of aryl methyl sites for hydroxylation is 2. The van der Waals surface area contributed by atoms with E-state index in [2.05, 4.69) is 15.4 Å². The van der Waals surface area contributed by atoms with E-state index in [9.17, 15) is 9.18 Å². The molecule has 1 amide bonds. The summed E-state index contributed by atoms with van der Waals surface area (Å²) in [6.07, 6.45) is 3.38. The zero-order chi connectivity index (χ0) is 21.1. The second kappa shape index (κ2) is 8.29. The molecule has 0 bridgehead atoms. The maximum Gasteiger partial charge on any atom is 0.270 e. The molecule has 0 saturated carbocycles. The molecule has 0 aliphatic rings. The predicted molar refractivity (Wildman–Crippen MR) is 114 cm³/mol.